The lowest BCUT2D eigenvalue weighted by Crippen LogP contribution is -2.18. The van der Waals surface area contributed by atoms with Crippen LogP contribution in [-0.2, 0) is 5.41 Å². The van der Waals surface area contributed by atoms with Crippen LogP contribution in [0.4, 0.5) is 11.6 Å². The summed E-state index contributed by atoms with van der Waals surface area (Å²) in [6, 6.07) is 9.52. The van der Waals surface area contributed by atoms with Gasteiger partial charge < -0.3 is 15.5 Å². The summed E-state index contributed by atoms with van der Waals surface area (Å²) < 4.78 is 0. The van der Waals surface area contributed by atoms with E-state index >= 15 is 0 Å². The molecular formula is C20H29N5O. The van der Waals surface area contributed by atoms with Crippen LogP contribution in [0.3, 0.4) is 0 Å². The Morgan fingerprint density at radius 3 is 2.42 bits per heavy atom. The number of anilines is 2. The van der Waals surface area contributed by atoms with Gasteiger partial charge in [-0.3, -0.25) is 4.79 Å². The molecule has 26 heavy (non-hydrogen) atoms. The van der Waals surface area contributed by atoms with Crippen molar-refractivity contribution in [3.63, 3.8) is 0 Å². The van der Waals surface area contributed by atoms with Crippen molar-refractivity contribution >= 4 is 17.5 Å². The molecule has 6 heteroatoms. The van der Waals surface area contributed by atoms with E-state index in [0.29, 0.717) is 11.6 Å². The third-order valence-electron chi connectivity index (χ3n) is 3.96. The average Bonchev–Trinajstić information content (AvgIpc) is 2.58. The fraction of sp³-hybridized carbons (Fsp3) is 0.450. The maximum absolute atomic E-state index is 12.4. The van der Waals surface area contributed by atoms with Gasteiger partial charge in [0.15, 0.2) is 0 Å². The molecule has 0 unspecified atom stereocenters. The largest absolute Gasteiger partial charge is 0.354 e. The first-order valence-corrected chi connectivity index (χ1v) is 8.89. The molecule has 0 radical (unpaired) electrons. The summed E-state index contributed by atoms with van der Waals surface area (Å²) in [6.45, 7) is 8.23. The van der Waals surface area contributed by atoms with Crippen LogP contribution >= 0.6 is 0 Å². The maximum Gasteiger partial charge on any atom is 0.274 e. The number of carbonyl (C=O) groups is 1. The van der Waals surface area contributed by atoms with Crippen molar-refractivity contribution in [1.82, 2.24) is 14.9 Å². The molecule has 0 atom stereocenters. The van der Waals surface area contributed by atoms with E-state index in [-0.39, 0.29) is 11.3 Å². The molecule has 0 saturated carbocycles. The highest BCUT2D eigenvalue weighted by Crippen LogP contribution is 2.23. The van der Waals surface area contributed by atoms with Crippen LogP contribution in [0, 0.1) is 0 Å². The molecule has 0 aliphatic rings. The lowest BCUT2D eigenvalue weighted by Gasteiger charge is -2.19. The average molecular weight is 355 g/mol. The topological polar surface area (TPSA) is 70.2 Å². The van der Waals surface area contributed by atoms with Gasteiger partial charge in [-0.25, -0.2) is 9.97 Å². The SMILES string of the molecule is CN(C)CCCNc1nccc(C(=O)Nc2ccc(C(C)(C)C)cc2)n1. The minimum absolute atomic E-state index is 0.0857. The van der Waals surface area contributed by atoms with Crippen LogP contribution in [0.25, 0.3) is 0 Å². The van der Waals surface area contributed by atoms with Gasteiger partial charge in [0, 0.05) is 18.4 Å². The summed E-state index contributed by atoms with van der Waals surface area (Å²) in [7, 11) is 4.07. The minimum Gasteiger partial charge on any atom is -0.354 e. The highest BCUT2D eigenvalue weighted by Gasteiger charge is 2.14. The first kappa shape index (κ1) is 19.8. The fourth-order valence-electron chi connectivity index (χ4n) is 2.41. The zero-order valence-electron chi connectivity index (χ0n) is 16.3. The number of carbonyl (C=O) groups excluding carboxylic acids is 1. The molecular weight excluding hydrogens is 326 g/mol. The van der Waals surface area contributed by atoms with Gasteiger partial charge in [-0.2, -0.15) is 0 Å². The zero-order chi connectivity index (χ0) is 19.2. The number of hydrogen-bond acceptors (Lipinski definition) is 5. The van der Waals surface area contributed by atoms with Gasteiger partial charge in [0.2, 0.25) is 5.95 Å². The van der Waals surface area contributed by atoms with E-state index in [9.17, 15) is 4.79 Å². The van der Waals surface area contributed by atoms with Gasteiger partial charge in [0.25, 0.3) is 5.91 Å². The summed E-state index contributed by atoms with van der Waals surface area (Å²) in [5, 5.41) is 6.04. The normalized spacial score (nSPS) is 11.5. The molecule has 6 nitrogen and oxygen atoms in total. The second-order valence-electron chi connectivity index (χ2n) is 7.63. The molecule has 0 saturated heterocycles. The minimum atomic E-state index is -0.243. The van der Waals surface area contributed by atoms with Crippen molar-refractivity contribution in [1.29, 1.82) is 0 Å². The van der Waals surface area contributed by atoms with Crippen LogP contribution in [0.15, 0.2) is 36.5 Å². The number of rotatable bonds is 7. The summed E-state index contributed by atoms with van der Waals surface area (Å²) in [6.07, 6.45) is 2.58. The van der Waals surface area contributed by atoms with E-state index in [2.05, 4.69) is 46.3 Å². The lowest BCUT2D eigenvalue weighted by molar-refractivity contribution is 0.102. The highest BCUT2D eigenvalue weighted by molar-refractivity contribution is 6.02. The van der Waals surface area contributed by atoms with Gasteiger partial charge in [-0.15, -0.1) is 0 Å². The Morgan fingerprint density at radius 1 is 1.12 bits per heavy atom. The Labute approximate surface area is 156 Å². The summed E-state index contributed by atoms with van der Waals surface area (Å²) in [5.41, 5.74) is 2.40. The van der Waals surface area contributed by atoms with Crippen molar-refractivity contribution in [3.05, 3.63) is 47.8 Å². The number of hydrogen-bond donors (Lipinski definition) is 2. The zero-order valence-corrected chi connectivity index (χ0v) is 16.3. The quantitative estimate of drug-likeness (QED) is 0.745. The van der Waals surface area contributed by atoms with Crippen molar-refractivity contribution in [2.24, 2.45) is 0 Å². The third kappa shape index (κ3) is 6.11. The predicted molar refractivity (Wildman–Crippen MR) is 107 cm³/mol. The number of benzene rings is 1. The molecule has 140 valence electrons. The second kappa shape index (κ2) is 8.76. The maximum atomic E-state index is 12.4. The molecule has 0 spiro atoms. The van der Waals surface area contributed by atoms with Crippen LogP contribution in [0.1, 0.15) is 43.2 Å². The van der Waals surface area contributed by atoms with Crippen LogP contribution < -0.4 is 10.6 Å². The highest BCUT2D eigenvalue weighted by atomic mass is 16.1. The van der Waals surface area contributed by atoms with Crippen LogP contribution in [0.2, 0.25) is 0 Å². The van der Waals surface area contributed by atoms with Crippen molar-refractivity contribution in [2.45, 2.75) is 32.6 Å². The molecule has 0 aliphatic heterocycles. The molecule has 0 aliphatic carbocycles. The Morgan fingerprint density at radius 2 is 1.81 bits per heavy atom. The number of aromatic nitrogens is 2. The molecule has 1 amide bonds. The van der Waals surface area contributed by atoms with Crippen LogP contribution in [0.5, 0.6) is 0 Å². The number of nitrogens with one attached hydrogen (secondary N) is 2. The Bertz CT molecular complexity index is 720. The Kier molecular flexibility index (Phi) is 6.69. The monoisotopic (exact) mass is 355 g/mol. The molecule has 1 aromatic carbocycles. The van der Waals surface area contributed by atoms with Crippen molar-refractivity contribution < 1.29 is 4.79 Å². The van der Waals surface area contributed by atoms with E-state index in [4.69, 9.17) is 0 Å². The van der Waals surface area contributed by atoms with Gasteiger partial charge >= 0.3 is 0 Å². The van der Waals surface area contributed by atoms with Crippen molar-refractivity contribution in [3.8, 4) is 0 Å². The Hall–Kier alpha value is -2.47. The second-order valence-corrected chi connectivity index (χ2v) is 7.63. The van der Waals surface area contributed by atoms with E-state index in [0.717, 1.165) is 25.2 Å². The van der Waals surface area contributed by atoms with E-state index < -0.39 is 0 Å². The smallest absolute Gasteiger partial charge is 0.274 e. The molecule has 0 bridgehead atoms. The Balaban J connectivity index is 1.96. The third-order valence-corrected chi connectivity index (χ3v) is 3.96. The summed E-state index contributed by atoms with van der Waals surface area (Å²) in [4.78, 5) is 23.0. The van der Waals surface area contributed by atoms with E-state index in [1.54, 1.807) is 12.3 Å². The van der Waals surface area contributed by atoms with Gasteiger partial charge in [0.1, 0.15) is 5.69 Å². The van der Waals surface area contributed by atoms with Crippen molar-refractivity contribution in [2.75, 3.05) is 37.8 Å². The van der Waals surface area contributed by atoms with Gasteiger partial charge in [0.05, 0.1) is 0 Å². The predicted octanol–water partition coefficient (Wildman–Crippen LogP) is 3.39. The lowest BCUT2D eigenvalue weighted by atomic mass is 9.87. The molecule has 2 aromatic rings. The van der Waals surface area contributed by atoms with Gasteiger partial charge in [-0.1, -0.05) is 32.9 Å². The number of amides is 1. The first-order valence-electron chi connectivity index (χ1n) is 8.89. The molecule has 1 aromatic heterocycles. The molecule has 2 rings (SSSR count). The standard InChI is InChI=1S/C20H29N5O/c1-20(2,3)15-7-9-16(10-8-15)23-18(26)17-11-13-22-19(24-17)21-12-6-14-25(4)5/h7-11,13H,6,12,14H2,1-5H3,(H,23,26)(H,21,22,24). The summed E-state index contributed by atoms with van der Waals surface area (Å²) in [5.74, 6) is 0.228. The fourth-order valence-corrected chi connectivity index (χ4v) is 2.41. The summed E-state index contributed by atoms with van der Waals surface area (Å²) >= 11 is 0. The van der Waals surface area contributed by atoms with E-state index in [1.165, 1.54) is 5.56 Å². The molecule has 1 heterocycles. The first-order chi connectivity index (χ1) is 12.3. The van der Waals surface area contributed by atoms with E-state index in [1.807, 2.05) is 38.4 Å². The number of nitrogens with zero attached hydrogens (tertiary/aromatic N) is 3. The van der Waals surface area contributed by atoms with Gasteiger partial charge in [-0.05, 0) is 56.2 Å². The molecule has 2 N–H and O–H groups in total. The van der Waals surface area contributed by atoms with Crippen LogP contribution in [-0.4, -0.2) is 48.0 Å². The molecule has 0 fully saturated rings.